The van der Waals surface area contributed by atoms with E-state index in [0.717, 1.165) is 0 Å². The highest BCUT2D eigenvalue weighted by atomic mass is 16.4. The number of hydrogen-bond acceptors (Lipinski definition) is 5. The molecule has 27 heavy (non-hydrogen) atoms. The van der Waals surface area contributed by atoms with Gasteiger partial charge in [0.25, 0.3) is 0 Å². The predicted octanol–water partition coefficient (Wildman–Crippen LogP) is -0.0153. The minimum absolute atomic E-state index is 0.0865. The lowest BCUT2D eigenvalue weighted by Crippen LogP contribution is -2.57. The number of nitrogens with one attached hydrogen (secondary N) is 3. The molecule has 9 nitrogen and oxygen atoms in total. The molecule has 0 rings (SSSR count). The lowest BCUT2D eigenvalue weighted by Gasteiger charge is -2.26. The van der Waals surface area contributed by atoms with Gasteiger partial charge in [-0.1, -0.05) is 27.7 Å². The average molecular weight is 386 g/mol. The Hall–Kier alpha value is -2.16. The van der Waals surface area contributed by atoms with Crippen LogP contribution in [0.5, 0.6) is 0 Å². The molecule has 6 N–H and O–H groups in total. The molecule has 4 atom stereocenters. The van der Waals surface area contributed by atoms with E-state index in [4.69, 9.17) is 10.8 Å². The molecule has 0 bridgehead atoms. The van der Waals surface area contributed by atoms with Crippen molar-refractivity contribution in [3.05, 3.63) is 0 Å². The highest BCUT2D eigenvalue weighted by Crippen LogP contribution is 2.09. The molecule has 0 fully saturated rings. The zero-order chi connectivity index (χ0) is 21.3. The lowest BCUT2D eigenvalue weighted by atomic mass is 9.99. The van der Waals surface area contributed by atoms with E-state index in [-0.39, 0.29) is 11.8 Å². The molecular weight excluding hydrogens is 352 g/mol. The summed E-state index contributed by atoms with van der Waals surface area (Å²) in [5, 5.41) is 16.6. The summed E-state index contributed by atoms with van der Waals surface area (Å²) in [5.41, 5.74) is 5.55. The Morgan fingerprint density at radius 2 is 1.11 bits per heavy atom. The van der Waals surface area contributed by atoms with Crippen LogP contribution in [0.4, 0.5) is 0 Å². The van der Waals surface area contributed by atoms with Gasteiger partial charge in [0, 0.05) is 0 Å². The van der Waals surface area contributed by atoms with Gasteiger partial charge >= 0.3 is 5.97 Å². The summed E-state index contributed by atoms with van der Waals surface area (Å²) < 4.78 is 0. The molecule has 0 spiro atoms. The molecule has 0 aliphatic heterocycles. The Labute approximate surface area is 160 Å². The normalized spacial score (nSPS) is 15.6. The van der Waals surface area contributed by atoms with Gasteiger partial charge in [0.05, 0.1) is 6.04 Å². The first-order valence-corrected chi connectivity index (χ1v) is 9.24. The summed E-state index contributed by atoms with van der Waals surface area (Å²) in [7, 11) is 0. The summed E-state index contributed by atoms with van der Waals surface area (Å²) in [4.78, 5) is 47.9. The van der Waals surface area contributed by atoms with E-state index in [2.05, 4.69) is 16.0 Å². The number of hydrogen-bond donors (Lipinski definition) is 5. The van der Waals surface area contributed by atoms with Crippen LogP contribution in [0.1, 0.15) is 54.4 Å². The Bertz CT molecular complexity index is 534. The van der Waals surface area contributed by atoms with E-state index in [1.54, 1.807) is 0 Å². The summed E-state index contributed by atoms with van der Waals surface area (Å²) >= 11 is 0. The quantitative estimate of drug-likeness (QED) is 0.337. The highest BCUT2D eigenvalue weighted by Gasteiger charge is 2.29. The predicted molar refractivity (Wildman–Crippen MR) is 102 cm³/mol. The van der Waals surface area contributed by atoms with Crippen LogP contribution >= 0.6 is 0 Å². The van der Waals surface area contributed by atoms with Crippen LogP contribution in [-0.4, -0.2) is 53.0 Å². The van der Waals surface area contributed by atoms with E-state index in [1.807, 2.05) is 27.7 Å². The monoisotopic (exact) mass is 386 g/mol. The van der Waals surface area contributed by atoms with Gasteiger partial charge in [-0.25, -0.2) is 0 Å². The second-order valence-electron chi connectivity index (χ2n) is 7.74. The lowest BCUT2D eigenvalue weighted by molar-refractivity contribution is -0.142. The number of rotatable bonds is 11. The molecule has 0 aliphatic carbocycles. The van der Waals surface area contributed by atoms with Crippen molar-refractivity contribution in [2.45, 2.75) is 78.6 Å². The maximum atomic E-state index is 12.7. The molecule has 0 aromatic carbocycles. The van der Waals surface area contributed by atoms with E-state index < -0.39 is 47.9 Å². The topological polar surface area (TPSA) is 151 Å². The molecule has 0 aromatic rings. The van der Waals surface area contributed by atoms with Gasteiger partial charge in [0.15, 0.2) is 0 Å². The van der Waals surface area contributed by atoms with Crippen LogP contribution in [-0.2, 0) is 19.2 Å². The van der Waals surface area contributed by atoms with Gasteiger partial charge in [0.1, 0.15) is 18.1 Å². The van der Waals surface area contributed by atoms with Gasteiger partial charge in [0.2, 0.25) is 17.7 Å². The SMILES string of the molecule is CC(C)CC(NC(=O)C(C)N)C(=O)NC(CC(C)C)C(=O)NC(C)C(=O)O. The molecule has 0 saturated heterocycles. The third kappa shape index (κ3) is 9.93. The fourth-order valence-electron chi connectivity index (χ4n) is 2.36. The fraction of sp³-hybridized carbons (Fsp3) is 0.778. The number of carboxylic acid groups (broad SMARTS) is 1. The Morgan fingerprint density at radius 3 is 1.44 bits per heavy atom. The van der Waals surface area contributed by atoms with Gasteiger partial charge in [-0.05, 0) is 38.5 Å². The van der Waals surface area contributed by atoms with Gasteiger partial charge in [-0.3, -0.25) is 19.2 Å². The molecule has 0 saturated carbocycles. The zero-order valence-electron chi connectivity index (χ0n) is 17.0. The summed E-state index contributed by atoms with van der Waals surface area (Å²) in [6.07, 6.45) is 0.714. The van der Waals surface area contributed by atoms with Gasteiger partial charge in [-0.15, -0.1) is 0 Å². The largest absolute Gasteiger partial charge is 0.480 e. The van der Waals surface area contributed by atoms with Crippen molar-refractivity contribution in [2.75, 3.05) is 0 Å². The smallest absolute Gasteiger partial charge is 0.325 e. The third-order valence-corrected chi connectivity index (χ3v) is 3.82. The van der Waals surface area contributed by atoms with E-state index in [1.165, 1.54) is 13.8 Å². The number of aliphatic carboxylic acids is 1. The standard InChI is InChI=1S/C18H34N4O5/c1-9(2)7-13(16(24)20-12(6)18(26)27)22-17(25)14(8-10(3)4)21-15(23)11(5)19/h9-14H,7-8,19H2,1-6H3,(H,20,24)(H,21,23)(H,22,25)(H,26,27). The Kier molecular flexibility index (Phi) is 10.6. The van der Waals surface area contributed by atoms with E-state index in [0.29, 0.717) is 12.8 Å². The van der Waals surface area contributed by atoms with Crippen molar-refractivity contribution in [2.24, 2.45) is 17.6 Å². The maximum Gasteiger partial charge on any atom is 0.325 e. The molecule has 0 heterocycles. The van der Waals surface area contributed by atoms with Crippen molar-refractivity contribution in [1.82, 2.24) is 16.0 Å². The average Bonchev–Trinajstić information content (AvgIpc) is 2.51. The first kappa shape index (κ1) is 24.8. The van der Waals surface area contributed by atoms with Crippen LogP contribution < -0.4 is 21.7 Å². The fourth-order valence-corrected chi connectivity index (χ4v) is 2.36. The van der Waals surface area contributed by atoms with E-state index in [9.17, 15) is 19.2 Å². The number of carbonyl (C=O) groups excluding carboxylic acids is 3. The van der Waals surface area contributed by atoms with Crippen molar-refractivity contribution in [3.8, 4) is 0 Å². The summed E-state index contributed by atoms with van der Waals surface area (Å²) in [6.45, 7) is 10.4. The second-order valence-corrected chi connectivity index (χ2v) is 7.74. The highest BCUT2D eigenvalue weighted by molar-refractivity contribution is 5.93. The molecule has 0 aliphatic rings. The van der Waals surface area contributed by atoms with Crippen LogP contribution in [0.15, 0.2) is 0 Å². The zero-order valence-corrected chi connectivity index (χ0v) is 17.0. The number of nitrogens with two attached hydrogens (primary N) is 1. The molecular formula is C18H34N4O5. The number of amides is 3. The van der Waals surface area contributed by atoms with Crippen molar-refractivity contribution < 1.29 is 24.3 Å². The van der Waals surface area contributed by atoms with Crippen molar-refractivity contribution in [3.63, 3.8) is 0 Å². The minimum Gasteiger partial charge on any atom is -0.480 e. The molecule has 3 amide bonds. The summed E-state index contributed by atoms with van der Waals surface area (Å²) in [6, 6.07) is -3.57. The summed E-state index contributed by atoms with van der Waals surface area (Å²) in [5.74, 6) is -2.49. The molecule has 0 aromatic heterocycles. The number of carbonyl (C=O) groups is 4. The van der Waals surface area contributed by atoms with Crippen molar-refractivity contribution >= 4 is 23.7 Å². The van der Waals surface area contributed by atoms with Crippen LogP contribution in [0.3, 0.4) is 0 Å². The molecule has 9 heteroatoms. The van der Waals surface area contributed by atoms with Crippen molar-refractivity contribution in [1.29, 1.82) is 0 Å². The third-order valence-electron chi connectivity index (χ3n) is 3.82. The molecule has 0 radical (unpaired) electrons. The minimum atomic E-state index is -1.17. The van der Waals surface area contributed by atoms with Crippen LogP contribution in [0, 0.1) is 11.8 Å². The molecule has 156 valence electrons. The molecule has 4 unspecified atom stereocenters. The maximum absolute atomic E-state index is 12.7. The van der Waals surface area contributed by atoms with Gasteiger partial charge < -0.3 is 26.8 Å². The van der Waals surface area contributed by atoms with Crippen LogP contribution in [0.2, 0.25) is 0 Å². The Morgan fingerprint density at radius 1 is 0.741 bits per heavy atom. The first-order valence-electron chi connectivity index (χ1n) is 9.24. The first-order chi connectivity index (χ1) is 12.3. The van der Waals surface area contributed by atoms with Gasteiger partial charge in [-0.2, -0.15) is 0 Å². The Balaban J connectivity index is 5.26. The second kappa shape index (κ2) is 11.5. The van der Waals surface area contributed by atoms with E-state index >= 15 is 0 Å². The van der Waals surface area contributed by atoms with Crippen LogP contribution in [0.25, 0.3) is 0 Å². The number of carboxylic acids is 1.